The number of anilines is 2. The molecule has 4 rings (SSSR count). The van der Waals surface area contributed by atoms with Gasteiger partial charge in [-0.2, -0.15) is 0 Å². The fraction of sp³-hybridized carbons (Fsp3) is 0.150. The number of nitrogens with zero attached hydrogens (tertiary/aromatic N) is 1. The van der Waals surface area contributed by atoms with E-state index in [2.05, 4.69) is 4.72 Å². The van der Waals surface area contributed by atoms with Gasteiger partial charge in [0.05, 0.1) is 22.4 Å². The van der Waals surface area contributed by atoms with Gasteiger partial charge in [0.25, 0.3) is 10.0 Å². The summed E-state index contributed by atoms with van der Waals surface area (Å²) >= 11 is 0. The first-order valence-electron chi connectivity index (χ1n) is 8.73. The zero-order valence-corrected chi connectivity index (χ0v) is 16.1. The van der Waals surface area contributed by atoms with Crippen LogP contribution in [0.1, 0.15) is 12.5 Å². The molecule has 0 fully saturated rings. The SMILES string of the molecule is CC(=O)N1CCc2cc(S(=O)(=O)Nc3cc(-c4ccco4)c(F)cc3F)ccc21. The maximum Gasteiger partial charge on any atom is 0.261 e. The van der Waals surface area contributed by atoms with E-state index in [-0.39, 0.29) is 22.1 Å². The van der Waals surface area contributed by atoms with Gasteiger partial charge in [-0.05, 0) is 48.4 Å². The van der Waals surface area contributed by atoms with Gasteiger partial charge in [0, 0.05) is 25.2 Å². The van der Waals surface area contributed by atoms with Crippen LogP contribution in [0.25, 0.3) is 11.3 Å². The Kier molecular flexibility index (Phi) is 4.62. The second-order valence-electron chi connectivity index (χ2n) is 6.61. The third-order valence-corrected chi connectivity index (χ3v) is 6.09. The normalized spacial score (nSPS) is 13.4. The van der Waals surface area contributed by atoms with Crippen LogP contribution >= 0.6 is 0 Å². The quantitative estimate of drug-likeness (QED) is 0.696. The summed E-state index contributed by atoms with van der Waals surface area (Å²) in [4.78, 5) is 13.1. The van der Waals surface area contributed by atoms with Crippen LogP contribution in [0.3, 0.4) is 0 Å². The first-order chi connectivity index (χ1) is 13.8. The summed E-state index contributed by atoms with van der Waals surface area (Å²) in [5, 5.41) is 0. The first-order valence-corrected chi connectivity index (χ1v) is 10.2. The standard InChI is InChI=1S/C20H16F2N2O4S/c1-12(25)24-7-6-13-9-14(4-5-19(13)24)29(26,27)23-18-10-15(16(21)11-17(18)22)20-3-2-8-28-20/h2-5,8-11,23H,6-7H2,1H3. The molecule has 2 heterocycles. The van der Waals surface area contributed by atoms with Crippen molar-refractivity contribution < 1.29 is 26.4 Å². The Morgan fingerprint density at radius 3 is 2.62 bits per heavy atom. The van der Waals surface area contributed by atoms with Gasteiger partial charge in [-0.25, -0.2) is 17.2 Å². The molecular weight excluding hydrogens is 402 g/mol. The number of benzene rings is 2. The molecule has 1 aromatic heterocycles. The molecule has 1 aliphatic rings. The summed E-state index contributed by atoms with van der Waals surface area (Å²) in [6.45, 7) is 1.91. The van der Waals surface area contributed by atoms with Crippen molar-refractivity contribution in [2.24, 2.45) is 0 Å². The molecule has 0 aliphatic carbocycles. The lowest BCUT2D eigenvalue weighted by atomic mass is 10.1. The summed E-state index contributed by atoms with van der Waals surface area (Å²) in [6, 6.07) is 9.02. The number of hydrogen-bond acceptors (Lipinski definition) is 4. The number of halogens is 2. The molecule has 1 aliphatic heterocycles. The molecule has 6 nitrogen and oxygen atoms in total. The van der Waals surface area contributed by atoms with E-state index in [0.29, 0.717) is 30.3 Å². The van der Waals surface area contributed by atoms with Gasteiger partial charge in [0.2, 0.25) is 5.91 Å². The second kappa shape index (κ2) is 7.00. The van der Waals surface area contributed by atoms with Gasteiger partial charge < -0.3 is 9.32 Å². The Labute approximate surface area is 165 Å². The average molecular weight is 418 g/mol. The van der Waals surface area contributed by atoms with Gasteiger partial charge in [0.1, 0.15) is 17.4 Å². The number of rotatable bonds is 4. The largest absolute Gasteiger partial charge is 0.464 e. The number of sulfonamides is 1. The lowest BCUT2D eigenvalue weighted by Crippen LogP contribution is -2.25. The van der Waals surface area contributed by atoms with Crippen molar-refractivity contribution in [3.63, 3.8) is 0 Å². The number of hydrogen-bond donors (Lipinski definition) is 1. The van der Waals surface area contributed by atoms with E-state index in [4.69, 9.17) is 4.42 Å². The van der Waals surface area contributed by atoms with Gasteiger partial charge >= 0.3 is 0 Å². The van der Waals surface area contributed by atoms with Crippen molar-refractivity contribution in [1.82, 2.24) is 0 Å². The van der Waals surface area contributed by atoms with Crippen molar-refractivity contribution in [3.8, 4) is 11.3 Å². The minimum absolute atomic E-state index is 0.0693. The van der Waals surface area contributed by atoms with E-state index in [1.807, 2.05) is 0 Å². The van der Waals surface area contributed by atoms with Crippen molar-refractivity contribution in [1.29, 1.82) is 0 Å². The molecule has 9 heteroatoms. The van der Waals surface area contributed by atoms with Gasteiger partial charge in [-0.1, -0.05) is 0 Å². The van der Waals surface area contributed by atoms with E-state index in [9.17, 15) is 22.0 Å². The number of carbonyl (C=O) groups excluding carboxylic acids is 1. The zero-order valence-electron chi connectivity index (χ0n) is 15.3. The molecule has 0 saturated heterocycles. The highest BCUT2D eigenvalue weighted by Gasteiger charge is 2.25. The molecule has 2 aromatic carbocycles. The fourth-order valence-corrected chi connectivity index (χ4v) is 4.43. The van der Waals surface area contributed by atoms with E-state index in [1.54, 1.807) is 11.0 Å². The van der Waals surface area contributed by atoms with E-state index in [0.717, 1.165) is 6.07 Å². The Balaban J connectivity index is 1.68. The van der Waals surface area contributed by atoms with Crippen molar-refractivity contribution in [2.75, 3.05) is 16.2 Å². The average Bonchev–Trinajstić information content (AvgIpc) is 3.32. The lowest BCUT2D eigenvalue weighted by molar-refractivity contribution is -0.116. The molecule has 3 aromatic rings. The third-order valence-electron chi connectivity index (χ3n) is 4.72. The van der Waals surface area contributed by atoms with Crippen LogP contribution in [0.15, 0.2) is 58.0 Å². The molecule has 0 bridgehead atoms. The maximum absolute atomic E-state index is 14.2. The number of fused-ring (bicyclic) bond motifs is 1. The van der Waals surface area contributed by atoms with Gasteiger partial charge in [0.15, 0.2) is 0 Å². The summed E-state index contributed by atoms with van der Waals surface area (Å²) in [6.07, 6.45) is 1.85. The zero-order chi connectivity index (χ0) is 20.8. The summed E-state index contributed by atoms with van der Waals surface area (Å²) in [5.41, 5.74) is 0.896. The van der Waals surface area contributed by atoms with E-state index in [1.165, 1.54) is 37.5 Å². The van der Waals surface area contributed by atoms with Crippen molar-refractivity contribution in [2.45, 2.75) is 18.2 Å². The van der Waals surface area contributed by atoms with Crippen LogP contribution in [0.5, 0.6) is 0 Å². The van der Waals surface area contributed by atoms with Crippen LogP contribution in [0.2, 0.25) is 0 Å². The highest BCUT2D eigenvalue weighted by atomic mass is 32.2. The lowest BCUT2D eigenvalue weighted by Gasteiger charge is -2.15. The molecule has 1 amide bonds. The molecule has 29 heavy (non-hydrogen) atoms. The minimum Gasteiger partial charge on any atom is -0.464 e. The molecular formula is C20H16F2N2O4S. The maximum atomic E-state index is 14.2. The smallest absolute Gasteiger partial charge is 0.261 e. The number of furan rings is 1. The second-order valence-corrected chi connectivity index (χ2v) is 8.29. The van der Waals surface area contributed by atoms with Crippen LogP contribution in [0.4, 0.5) is 20.2 Å². The monoisotopic (exact) mass is 418 g/mol. The third kappa shape index (κ3) is 3.49. The van der Waals surface area contributed by atoms with Gasteiger partial charge in [-0.3, -0.25) is 9.52 Å². The van der Waals surface area contributed by atoms with Crippen LogP contribution in [-0.2, 0) is 21.2 Å². The Hall–Kier alpha value is -3.20. The molecule has 0 spiro atoms. The molecule has 150 valence electrons. The van der Waals surface area contributed by atoms with Crippen LogP contribution < -0.4 is 9.62 Å². The summed E-state index contributed by atoms with van der Waals surface area (Å²) < 4.78 is 61.2. The summed E-state index contributed by atoms with van der Waals surface area (Å²) in [5.74, 6) is -1.91. The Bertz CT molecular complexity index is 1210. The highest BCUT2D eigenvalue weighted by Crippen LogP contribution is 2.32. The van der Waals surface area contributed by atoms with E-state index >= 15 is 0 Å². The minimum atomic E-state index is -4.14. The summed E-state index contributed by atoms with van der Waals surface area (Å²) in [7, 11) is -4.14. The molecule has 0 radical (unpaired) electrons. The van der Waals surface area contributed by atoms with E-state index < -0.39 is 27.3 Å². The highest BCUT2D eigenvalue weighted by molar-refractivity contribution is 7.92. The van der Waals surface area contributed by atoms with Gasteiger partial charge in [-0.15, -0.1) is 0 Å². The van der Waals surface area contributed by atoms with Crippen LogP contribution in [-0.4, -0.2) is 20.9 Å². The molecule has 0 unspecified atom stereocenters. The number of nitrogens with one attached hydrogen (secondary N) is 1. The molecule has 0 saturated carbocycles. The predicted octanol–water partition coefficient (Wildman–Crippen LogP) is 3.93. The topological polar surface area (TPSA) is 79.6 Å². The number of carbonyl (C=O) groups is 1. The van der Waals surface area contributed by atoms with Crippen LogP contribution in [0, 0.1) is 11.6 Å². The first kappa shape index (κ1) is 19.1. The number of amides is 1. The fourth-order valence-electron chi connectivity index (χ4n) is 3.32. The predicted molar refractivity (Wildman–Crippen MR) is 103 cm³/mol. The van der Waals surface area contributed by atoms with Crippen molar-refractivity contribution in [3.05, 3.63) is 65.9 Å². The molecule has 1 N–H and O–H groups in total. The Morgan fingerprint density at radius 1 is 1.14 bits per heavy atom. The molecule has 0 atom stereocenters. The Morgan fingerprint density at radius 2 is 1.93 bits per heavy atom. The van der Waals surface area contributed by atoms with Crippen molar-refractivity contribution >= 4 is 27.3 Å².